The summed E-state index contributed by atoms with van der Waals surface area (Å²) >= 11 is 0. The Hall–Kier alpha value is -1.88. The molecule has 0 N–H and O–H groups in total. The van der Waals surface area contributed by atoms with Crippen molar-refractivity contribution in [2.75, 3.05) is 21.1 Å². The Bertz CT molecular complexity index is 722. The number of para-hydroxylation sites is 2. The highest BCUT2D eigenvalue weighted by molar-refractivity contribution is 5.79. The van der Waals surface area contributed by atoms with Crippen LogP contribution in [0, 0.1) is 11.8 Å². The average Bonchev–Trinajstić information content (AvgIpc) is 3.25. The van der Waals surface area contributed by atoms with Crippen molar-refractivity contribution in [3.63, 3.8) is 0 Å². The minimum absolute atomic E-state index is 0.112. The molecule has 0 bridgehead atoms. The summed E-state index contributed by atoms with van der Waals surface area (Å²) in [6.45, 7) is 0. The number of benzene rings is 1. The summed E-state index contributed by atoms with van der Waals surface area (Å²) < 4.78 is 5.70. The fourth-order valence-electron chi connectivity index (χ4n) is 4.74. The first-order chi connectivity index (χ1) is 12.0. The molecule has 1 amide bonds. The van der Waals surface area contributed by atoms with Gasteiger partial charge in [-0.1, -0.05) is 12.1 Å². The average molecular weight is 341 g/mol. The van der Waals surface area contributed by atoms with E-state index in [4.69, 9.17) is 4.42 Å². The molecule has 4 rings (SSSR count). The lowest BCUT2D eigenvalue weighted by molar-refractivity contribution is -0.131. The van der Waals surface area contributed by atoms with Gasteiger partial charge in [0.15, 0.2) is 5.58 Å². The minimum atomic E-state index is 0.112. The van der Waals surface area contributed by atoms with Crippen LogP contribution in [-0.4, -0.2) is 53.9 Å². The first kappa shape index (κ1) is 16.6. The second-order valence-electron chi connectivity index (χ2n) is 7.99. The first-order valence-electron chi connectivity index (χ1n) is 9.28. The van der Waals surface area contributed by atoms with Gasteiger partial charge in [-0.15, -0.1) is 0 Å². The van der Waals surface area contributed by atoms with Gasteiger partial charge in [0, 0.05) is 19.1 Å². The van der Waals surface area contributed by atoms with Crippen molar-refractivity contribution in [1.29, 1.82) is 0 Å². The molecule has 0 saturated heterocycles. The van der Waals surface area contributed by atoms with Crippen LogP contribution in [-0.2, 0) is 11.2 Å². The van der Waals surface area contributed by atoms with Gasteiger partial charge in [-0.05, 0) is 63.7 Å². The molecule has 4 atom stereocenters. The molecule has 5 heteroatoms. The minimum Gasteiger partial charge on any atom is -0.440 e. The Labute approximate surface area is 149 Å². The highest BCUT2D eigenvalue weighted by atomic mass is 16.3. The molecule has 2 unspecified atom stereocenters. The van der Waals surface area contributed by atoms with E-state index in [1.54, 1.807) is 0 Å². The van der Waals surface area contributed by atoms with E-state index in [1.165, 1.54) is 12.8 Å². The monoisotopic (exact) mass is 341 g/mol. The molecule has 1 heterocycles. The van der Waals surface area contributed by atoms with Crippen LogP contribution >= 0.6 is 0 Å². The van der Waals surface area contributed by atoms with E-state index in [0.717, 1.165) is 41.8 Å². The zero-order chi connectivity index (χ0) is 17.6. The van der Waals surface area contributed by atoms with Crippen LogP contribution < -0.4 is 0 Å². The third-order valence-electron chi connectivity index (χ3n) is 6.28. The zero-order valence-corrected chi connectivity index (χ0v) is 15.3. The normalized spacial score (nSPS) is 28.6. The van der Waals surface area contributed by atoms with Gasteiger partial charge in [0.05, 0.1) is 0 Å². The van der Waals surface area contributed by atoms with Gasteiger partial charge in [-0.2, -0.15) is 0 Å². The molecule has 25 heavy (non-hydrogen) atoms. The molecule has 2 saturated carbocycles. The molecule has 1 aromatic carbocycles. The standard InChI is InChI=1S/C20H27N3O2/c1-22(2)15-8-13-10-16(11-14(13)9-15)23(3)20(24)12-19-21-17-6-4-5-7-18(17)25-19/h4-7,13-16H,8-12H2,1-3H3/t13-,14+,15?,16?. The molecule has 2 aliphatic carbocycles. The number of aromatic nitrogens is 1. The summed E-state index contributed by atoms with van der Waals surface area (Å²) in [5, 5.41) is 0. The number of hydrogen-bond donors (Lipinski definition) is 0. The van der Waals surface area contributed by atoms with Crippen LogP contribution in [0.4, 0.5) is 0 Å². The van der Waals surface area contributed by atoms with Crippen molar-refractivity contribution in [3.8, 4) is 0 Å². The van der Waals surface area contributed by atoms with E-state index >= 15 is 0 Å². The predicted octanol–water partition coefficient (Wildman–Crippen LogP) is 2.95. The van der Waals surface area contributed by atoms with Gasteiger partial charge in [0.25, 0.3) is 0 Å². The number of hydrogen-bond acceptors (Lipinski definition) is 4. The van der Waals surface area contributed by atoms with E-state index in [-0.39, 0.29) is 12.3 Å². The van der Waals surface area contributed by atoms with Crippen molar-refractivity contribution < 1.29 is 9.21 Å². The number of carbonyl (C=O) groups excluding carboxylic acids is 1. The highest BCUT2D eigenvalue weighted by Crippen LogP contribution is 2.46. The number of oxazole rings is 1. The van der Waals surface area contributed by atoms with Crippen LogP contribution in [0.3, 0.4) is 0 Å². The zero-order valence-electron chi connectivity index (χ0n) is 15.3. The van der Waals surface area contributed by atoms with E-state index in [0.29, 0.717) is 11.9 Å². The molecule has 0 radical (unpaired) electrons. The van der Waals surface area contributed by atoms with Crippen LogP contribution in [0.1, 0.15) is 31.6 Å². The number of carbonyl (C=O) groups is 1. The predicted molar refractivity (Wildman–Crippen MR) is 97.2 cm³/mol. The third kappa shape index (κ3) is 3.17. The largest absolute Gasteiger partial charge is 0.440 e. The van der Waals surface area contributed by atoms with Crippen LogP contribution in [0.15, 0.2) is 28.7 Å². The smallest absolute Gasteiger partial charge is 0.231 e. The Kier molecular flexibility index (Phi) is 4.28. The van der Waals surface area contributed by atoms with Crippen LogP contribution in [0.25, 0.3) is 11.1 Å². The second-order valence-corrected chi connectivity index (χ2v) is 7.99. The lowest BCUT2D eigenvalue weighted by Gasteiger charge is -2.26. The summed E-state index contributed by atoms with van der Waals surface area (Å²) in [4.78, 5) is 21.4. The Morgan fingerprint density at radius 3 is 2.36 bits per heavy atom. The van der Waals surface area contributed by atoms with Crippen molar-refractivity contribution in [3.05, 3.63) is 30.2 Å². The van der Waals surface area contributed by atoms with Gasteiger partial charge < -0.3 is 14.2 Å². The first-order valence-corrected chi connectivity index (χ1v) is 9.28. The molecule has 0 spiro atoms. The summed E-state index contributed by atoms with van der Waals surface area (Å²) in [7, 11) is 6.30. The molecule has 1 aromatic heterocycles. The maximum absolute atomic E-state index is 12.7. The lowest BCUT2D eigenvalue weighted by Crippen LogP contribution is -2.37. The molecule has 2 aromatic rings. The number of likely N-dealkylation sites (N-methyl/N-ethyl adjacent to an activating group) is 1. The summed E-state index contributed by atoms with van der Waals surface area (Å²) in [6.07, 6.45) is 5.09. The Morgan fingerprint density at radius 1 is 1.08 bits per heavy atom. The number of amides is 1. The van der Waals surface area contributed by atoms with Gasteiger partial charge in [-0.3, -0.25) is 4.79 Å². The van der Waals surface area contributed by atoms with Crippen molar-refractivity contribution in [2.24, 2.45) is 11.8 Å². The number of nitrogens with zero attached hydrogens (tertiary/aromatic N) is 3. The van der Waals surface area contributed by atoms with E-state index in [9.17, 15) is 4.79 Å². The summed E-state index contributed by atoms with van der Waals surface area (Å²) in [5.41, 5.74) is 1.57. The molecule has 2 aliphatic rings. The number of fused-ring (bicyclic) bond motifs is 2. The van der Waals surface area contributed by atoms with Gasteiger partial charge in [0.2, 0.25) is 11.8 Å². The van der Waals surface area contributed by atoms with E-state index in [2.05, 4.69) is 24.0 Å². The van der Waals surface area contributed by atoms with Crippen molar-refractivity contribution in [2.45, 2.75) is 44.2 Å². The van der Waals surface area contributed by atoms with E-state index < -0.39 is 0 Å². The lowest BCUT2D eigenvalue weighted by atomic mass is 10.0. The van der Waals surface area contributed by atoms with E-state index in [1.807, 2.05) is 36.2 Å². The summed E-state index contributed by atoms with van der Waals surface area (Å²) in [5.74, 6) is 2.18. The Morgan fingerprint density at radius 2 is 1.72 bits per heavy atom. The van der Waals surface area contributed by atoms with Gasteiger partial charge in [-0.25, -0.2) is 4.98 Å². The SMILES string of the molecule is CN(C)C1C[C@@H]2CC(N(C)C(=O)Cc3nc4ccccc4o3)C[C@@H]2C1. The van der Waals surface area contributed by atoms with Gasteiger partial charge in [0.1, 0.15) is 11.9 Å². The van der Waals surface area contributed by atoms with Crippen LogP contribution in [0.2, 0.25) is 0 Å². The molecule has 5 nitrogen and oxygen atoms in total. The van der Waals surface area contributed by atoms with Gasteiger partial charge >= 0.3 is 0 Å². The topological polar surface area (TPSA) is 49.6 Å². The maximum atomic E-state index is 12.7. The molecular formula is C20H27N3O2. The molecule has 134 valence electrons. The maximum Gasteiger partial charge on any atom is 0.231 e. The fraction of sp³-hybridized carbons (Fsp3) is 0.600. The fourth-order valence-corrected chi connectivity index (χ4v) is 4.74. The Balaban J connectivity index is 1.37. The highest BCUT2D eigenvalue weighted by Gasteiger charge is 2.44. The molecule has 0 aliphatic heterocycles. The quantitative estimate of drug-likeness (QED) is 0.858. The third-order valence-corrected chi connectivity index (χ3v) is 6.28. The van der Waals surface area contributed by atoms with Crippen molar-refractivity contribution in [1.82, 2.24) is 14.8 Å². The summed E-state index contributed by atoms with van der Waals surface area (Å²) in [6, 6.07) is 8.74. The van der Waals surface area contributed by atoms with Crippen molar-refractivity contribution >= 4 is 17.0 Å². The van der Waals surface area contributed by atoms with Crippen LogP contribution in [0.5, 0.6) is 0 Å². The number of rotatable bonds is 4. The molecular weight excluding hydrogens is 314 g/mol. The second kappa shape index (κ2) is 6.45. The molecule has 2 fully saturated rings.